The fourth-order valence-corrected chi connectivity index (χ4v) is 2.99. The van der Waals surface area contributed by atoms with E-state index in [1.54, 1.807) is 0 Å². The molecule has 3 nitrogen and oxygen atoms in total. The third-order valence-electron chi connectivity index (χ3n) is 3.61. The zero-order valence-electron chi connectivity index (χ0n) is 11.3. The number of hydrogen-bond donors (Lipinski definition) is 0. The SMILES string of the molecule is Cc1nn(C)c(Cn2ccc3c(C)cccc32)c1Br. The van der Waals surface area contributed by atoms with Gasteiger partial charge in [0.1, 0.15) is 0 Å². The van der Waals surface area contributed by atoms with Crippen LogP contribution in [0.25, 0.3) is 10.9 Å². The first kappa shape index (κ1) is 12.5. The average Bonchev–Trinajstić information content (AvgIpc) is 2.88. The Kier molecular flexibility index (Phi) is 2.97. The first-order valence-corrected chi connectivity index (χ1v) is 7.09. The number of fused-ring (bicyclic) bond motifs is 1. The largest absolute Gasteiger partial charge is 0.341 e. The van der Waals surface area contributed by atoms with Crippen LogP contribution in [-0.2, 0) is 13.6 Å². The van der Waals surface area contributed by atoms with E-state index < -0.39 is 0 Å². The van der Waals surface area contributed by atoms with E-state index in [9.17, 15) is 0 Å². The van der Waals surface area contributed by atoms with Crippen LogP contribution in [-0.4, -0.2) is 14.3 Å². The summed E-state index contributed by atoms with van der Waals surface area (Å²) in [4.78, 5) is 0. The summed E-state index contributed by atoms with van der Waals surface area (Å²) in [7, 11) is 1.99. The van der Waals surface area contributed by atoms with Gasteiger partial charge in [0, 0.05) is 24.1 Å². The lowest BCUT2D eigenvalue weighted by Crippen LogP contribution is -2.05. The summed E-state index contributed by atoms with van der Waals surface area (Å²) in [6.07, 6.45) is 2.15. The Bertz CT molecular complexity index is 752. The molecule has 2 heterocycles. The molecule has 0 spiro atoms. The van der Waals surface area contributed by atoms with Gasteiger partial charge in [0.05, 0.1) is 22.4 Å². The maximum atomic E-state index is 4.45. The van der Waals surface area contributed by atoms with E-state index in [-0.39, 0.29) is 0 Å². The van der Waals surface area contributed by atoms with Crippen LogP contribution < -0.4 is 0 Å². The number of aryl methyl sites for hydroxylation is 3. The van der Waals surface area contributed by atoms with Crippen molar-refractivity contribution in [2.45, 2.75) is 20.4 Å². The van der Waals surface area contributed by atoms with Crippen molar-refractivity contribution < 1.29 is 0 Å². The highest BCUT2D eigenvalue weighted by Crippen LogP contribution is 2.24. The van der Waals surface area contributed by atoms with Gasteiger partial charge < -0.3 is 4.57 Å². The molecule has 0 N–H and O–H groups in total. The predicted octanol–water partition coefficient (Wildman–Crippen LogP) is 3.80. The van der Waals surface area contributed by atoms with Crippen molar-refractivity contribution in [1.82, 2.24) is 14.3 Å². The smallest absolute Gasteiger partial charge is 0.0739 e. The normalized spacial score (nSPS) is 11.4. The van der Waals surface area contributed by atoms with E-state index in [1.165, 1.54) is 22.2 Å². The van der Waals surface area contributed by atoms with Crippen LogP contribution >= 0.6 is 15.9 Å². The molecule has 3 aromatic rings. The second kappa shape index (κ2) is 4.53. The first-order chi connectivity index (χ1) is 9.08. The number of rotatable bonds is 2. The third-order valence-corrected chi connectivity index (χ3v) is 4.64. The second-order valence-corrected chi connectivity index (χ2v) is 5.71. The first-order valence-electron chi connectivity index (χ1n) is 6.30. The molecule has 0 aliphatic carbocycles. The molecule has 0 saturated carbocycles. The van der Waals surface area contributed by atoms with E-state index >= 15 is 0 Å². The second-order valence-electron chi connectivity index (χ2n) is 4.92. The van der Waals surface area contributed by atoms with Crippen LogP contribution in [0.15, 0.2) is 34.9 Å². The molecule has 0 unspecified atom stereocenters. The van der Waals surface area contributed by atoms with E-state index in [0.29, 0.717) is 0 Å². The van der Waals surface area contributed by atoms with Crippen molar-refractivity contribution in [3.63, 3.8) is 0 Å². The van der Waals surface area contributed by atoms with Crippen molar-refractivity contribution in [3.05, 3.63) is 51.9 Å². The summed E-state index contributed by atoms with van der Waals surface area (Å²) in [5, 5.41) is 5.76. The Morgan fingerprint density at radius 2 is 2.00 bits per heavy atom. The molecule has 0 atom stereocenters. The summed E-state index contributed by atoms with van der Waals surface area (Å²) in [6, 6.07) is 8.61. The van der Waals surface area contributed by atoms with Gasteiger partial charge in [0.25, 0.3) is 0 Å². The minimum Gasteiger partial charge on any atom is -0.341 e. The van der Waals surface area contributed by atoms with Crippen LogP contribution in [0.1, 0.15) is 17.0 Å². The molecule has 0 radical (unpaired) electrons. The molecule has 98 valence electrons. The topological polar surface area (TPSA) is 22.8 Å². The number of benzene rings is 1. The highest BCUT2D eigenvalue weighted by molar-refractivity contribution is 9.10. The van der Waals surface area contributed by atoms with Crippen LogP contribution in [0.4, 0.5) is 0 Å². The summed E-state index contributed by atoms with van der Waals surface area (Å²) in [5.41, 5.74) is 4.81. The molecule has 0 amide bonds. The van der Waals surface area contributed by atoms with E-state index in [0.717, 1.165) is 16.7 Å². The van der Waals surface area contributed by atoms with Crippen molar-refractivity contribution in [2.24, 2.45) is 7.05 Å². The summed E-state index contributed by atoms with van der Waals surface area (Å²) >= 11 is 3.63. The zero-order valence-corrected chi connectivity index (χ0v) is 12.9. The number of aromatic nitrogens is 3. The van der Waals surface area contributed by atoms with Gasteiger partial charge in [-0.3, -0.25) is 4.68 Å². The highest BCUT2D eigenvalue weighted by Gasteiger charge is 2.12. The van der Waals surface area contributed by atoms with Gasteiger partial charge in [-0.1, -0.05) is 12.1 Å². The lowest BCUT2D eigenvalue weighted by Gasteiger charge is -2.07. The molecule has 0 saturated heterocycles. The Labute approximate surface area is 121 Å². The molecule has 2 aromatic heterocycles. The minimum atomic E-state index is 0.824. The van der Waals surface area contributed by atoms with Gasteiger partial charge in [0.2, 0.25) is 0 Å². The van der Waals surface area contributed by atoms with Gasteiger partial charge in [-0.25, -0.2) is 0 Å². The Hall–Kier alpha value is -1.55. The maximum absolute atomic E-state index is 4.45. The van der Waals surface area contributed by atoms with Crippen LogP contribution in [0.2, 0.25) is 0 Å². The summed E-state index contributed by atoms with van der Waals surface area (Å²) < 4.78 is 5.31. The fraction of sp³-hybridized carbons (Fsp3) is 0.267. The third kappa shape index (κ3) is 2.00. The Morgan fingerprint density at radius 3 is 2.68 bits per heavy atom. The highest BCUT2D eigenvalue weighted by atomic mass is 79.9. The van der Waals surface area contributed by atoms with Gasteiger partial charge in [-0.05, 0) is 47.5 Å². The molecule has 0 fully saturated rings. The van der Waals surface area contributed by atoms with Crippen molar-refractivity contribution in [2.75, 3.05) is 0 Å². The maximum Gasteiger partial charge on any atom is 0.0739 e. The van der Waals surface area contributed by atoms with Crippen molar-refractivity contribution in [1.29, 1.82) is 0 Å². The quantitative estimate of drug-likeness (QED) is 0.705. The molecule has 19 heavy (non-hydrogen) atoms. The summed E-state index contributed by atoms with van der Waals surface area (Å²) in [5.74, 6) is 0. The Morgan fingerprint density at radius 1 is 1.21 bits per heavy atom. The van der Waals surface area contributed by atoms with Gasteiger partial charge in [0.15, 0.2) is 0 Å². The van der Waals surface area contributed by atoms with Crippen molar-refractivity contribution >= 4 is 26.8 Å². The van der Waals surface area contributed by atoms with Crippen LogP contribution in [0, 0.1) is 13.8 Å². The number of nitrogens with zero attached hydrogens (tertiary/aromatic N) is 3. The molecule has 4 heteroatoms. The average molecular weight is 318 g/mol. The predicted molar refractivity (Wildman–Crippen MR) is 81.4 cm³/mol. The lowest BCUT2D eigenvalue weighted by atomic mass is 10.1. The van der Waals surface area contributed by atoms with Crippen LogP contribution in [0.5, 0.6) is 0 Å². The van der Waals surface area contributed by atoms with Crippen molar-refractivity contribution in [3.8, 4) is 0 Å². The molecule has 0 bridgehead atoms. The van der Waals surface area contributed by atoms with Gasteiger partial charge in [-0.2, -0.15) is 5.10 Å². The van der Waals surface area contributed by atoms with Gasteiger partial charge in [-0.15, -0.1) is 0 Å². The Balaban J connectivity index is 2.09. The number of halogens is 1. The lowest BCUT2D eigenvalue weighted by molar-refractivity contribution is 0.671. The molecule has 3 rings (SSSR count). The zero-order chi connectivity index (χ0) is 13.6. The summed E-state index contributed by atoms with van der Waals surface area (Å²) in [6.45, 7) is 4.99. The van der Waals surface area contributed by atoms with E-state index in [2.05, 4.69) is 63.0 Å². The fourth-order valence-electron chi connectivity index (χ4n) is 2.53. The van der Waals surface area contributed by atoms with E-state index in [4.69, 9.17) is 0 Å². The minimum absolute atomic E-state index is 0.824. The molecular weight excluding hydrogens is 302 g/mol. The molecule has 1 aromatic carbocycles. The monoisotopic (exact) mass is 317 g/mol. The molecule has 0 aliphatic rings. The molecule has 0 aliphatic heterocycles. The van der Waals surface area contributed by atoms with Crippen LogP contribution in [0.3, 0.4) is 0 Å². The van der Waals surface area contributed by atoms with E-state index in [1.807, 2.05) is 18.7 Å². The molecular formula is C15H16BrN3. The number of hydrogen-bond acceptors (Lipinski definition) is 1. The van der Waals surface area contributed by atoms with Gasteiger partial charge >= 0.3 is 0 Å². The standard InChI is InChI=1S/C15H16BrN3/c1-10-5-4-6-13-12(10)7-8-19(13)9-14-15(16)11(2)17-18(14)3/h4-8H,9H2,1-3H3.